The lowest BCUT2D eigenvalue weighted by molar-refractivity contribution is -0.139. The van der Waals surface area contributed by atoms with Crippen LogP contribution in [0, 0.1) is 0 Å². The third-order valence-electron chi connectivity index (χ3n) is 6.18. The SMILES string of the molecule is CCCCCN1C(=O)C(=O)/C(=C(/O)c2ccc(OCC)c(C(C)C)c2)C1c1ccccc1OC. The van der Waals surface area contributed by atoms with E-state index in [1.807, 2.05) is 51.1 Å². The largest absolute Gasteiger partial charge is 0.507 e. The van der Waals surface area contributed by atoms with Crippen molar-refractivity contribution in [1.29, 1.82) is 0 Å². The van der Waals surface area contributed by atoms with Crippen molar-refractivity contribution in [2.24, 2.45) is 0 Å². The van der Waals surface area contributed by atoms with Crippen LogP contribution in [0.2, 0.25) is 0 Å². The second kappa shape index (κ2) is 11.2. The highest BCUT2D eigenvalue weighted by Crippen LogP contribution is 2.43. The van der Waals surface area contributed by atoms with Crippen LogP contribution in [0.5, 0.6) is 11.5 Å². The molecule has 1 fully saturated rings. The molecule has 2 aromatic carbocycles. The van der Waals surface area contributed by atoms with Gasteiger partial charge in [0, 0.05) is 17.7 Å². The van der Waals surface area contributed by atoms with Crippen LogP contribution >= 0.6 is 0 Å². The van der Waals surface area contributed by atoms with Crippen molar-refractivity contribution in [3.05, 3.63) is 64.7 Å². The van der Waals surface area contributed by atoms with E-state index >= 15 is 0 Å². The highest BCUT2D eigenvalue weighted by Gasteiger charge is 2.46. The monoisotopic (exact) mass is 465 g/mol. The number of carbonyl (C=O) groups excluding carboxylic acids is 2. The maximum atomic E-state index is 13.3. The standard InChI is InChI=1S/C28H35NO5/c1-6-8-11-16-29-25(20-12-9-10-13-22(20)33-5)24(27(31)28(29)32)26(30)19-14-15-23(34-7-2)21(17-19)18(3)4/h9-10,12-15,17-18,25,30H,6-8,11,16H2,1-5H3/b26-24+. The van der Waals surface area contributed by atoms with Gasteiger partial charge in [-0.2, -0.15) is 0 Å². The lowest BCUT2D eigenvalue weighted by Crippen LogP contribution is -2.30. The number of unbranched alkanes of at least 4 members (excludes halogenated alkanes) is 2. The van der Waals surface area contributed by atoms with E-state index in [0.29, 0.717) is 30.0 Å². The molecule has 0 bridgehead atoms. The van der Waals surface area contributed by atoms with Crippen molar-refractivity contribution < 1.29 is 24.2 Å². The first-order valence-corrected chi connectivity index (χ1v) is 12.0. The summed E-state index contributed by atoms with van der Waals surface area (Å²) >= 11 is 0. The van der Waals surface area contributed by atoms with Gasteiger partial charge in [-0.25, -0.2) is 0 Å². The van der Waals surface area contributed by atoms with E-state index in [1.54, 1.807) is 24.1 Å². The van der Waals surface area contributed by atoms with Crippen molar-refractivity contribution in [2.45, 2.75) is 58.9 Å². The van der Waals surface area contributed by atoms with Gasteiger partial charge in [0.25, 0.3) is 11.7 Å². The van der Waals surface area contributed by atoms with Crippen LogP contribution in [0.25, 0.3) is 5.76 Å². The van der Waals surface area contributed by atoms with Crippen LogP contribution in [-0.2, 0) is 9.59 Å². The van der Waals surface area contributed by atoms with E-state index in [9.17, 15) is 14.7 Å². The summed E-state index contributed by atoms with van der Waals surface area (Å²) in [5.41, 5.74) is 2.18. The Morgan fingerprint density at radius 2 is 1.79 bits per heavy atom. The minimum absolute atomic E-state index is 0.0878. The number of benzene rings is 2. The summed E-state index contributed by atoms with van der Waals surface area (Å²) < 4.78 is 11.3. The molecule has 0 aromatic heterocycles. The summed E-state index contributed by atoms with van der Waals surface area (Å²) in [4.78, 5) is 27.9. The molecular weight excluding hydrogens is 430 g/mol. The molecule has 0 spiro atoms. The van der Waals surface area contributed by atoms with Crippen molar-refractivity contribution in [2.75, 3.05) is 20.3 Å². The number of aliphatic hydroxyl groups excluding tert-OH is 1. The molecule has 182 valence electrons. The maximum Gasteiger partial charge on any atom is 0.295 e. The molecule has 0 saturated carbocycles. The molecular formula is C28H35NO5. The number of amides is 1. The average molecular weight is 466 g/mol. The summed E-state index contributed by atoms with van der Waals surface area (Å²) in [6.45, 7) is 9.06. The Kier molecular flexibility index (Phi) is 8.37. The molecule has 1 aliphatic heterocycles. The van der Waals surface area contributed by atoms with Gasteiger partial charge in [-0.1, -0.05) is 51.8 Å². The van der Waals surface area contributed by atoms with Gasteiger partial charge in [0.1, 0.15) is 17.3 Å². The second-order valence-electron chi connectivity index (χ2n) is 8.78. The topological polar surface area (TPSA) is 76.1 Å². The van der Waals surface area contributed by atoms with E-state index in [0.717, 1.165) is 30.6 Å². The summed E-state index contributed by atoms with van der Waals surface area (Å²) in [6.07, 6.45) is 2.71. The predicted octanol–water partition coefficient (Wildman–Crippen LogP) is 5.83. The number of aliphatic hydroxyl groups is 1. The number of hydrogen-bond donors (Lipinski definition) is 1. The molecule has 1 amide bonds. The third-order valence-corrected chi connectivity index (χ3v) is 6.18. The lowest BCUT2D eigenvalue weighted by atomic mass is 9.92. The molecule has 1 aliphatic rings. The summed E-state index contributed by atoms with van der Waals surface area (Å²) in [6, 6.07) is 12.0. The summed E-state index contributed by atoms with van der Waals surface area (Å²) in [5.74, 6) is 0.00660. The van der Waals surface area contributed by atoms with Crippen molar-refractivity contribution in [1.82, 2.24) is 4.90 Å². The van der Waals surface area contributed by atoms with Gasteiger partial charge in [0.2, 0.25) is 0 Å². The predicted molar refractivity (Wildman–Crippen MR) is 133 cm³/mol. The van der Waals surface area contributed by atoms with Crippen molar-refractivity contribution in [3.63, 3.8) is 0 Å². The van der Waals surface area contributed by atoms with E-state index in [-0.39, 0.29) is 17.3 Å². The summed E-state index contributed by atoms with van der Waals surface area (Å²) in [7, 11) is 1.56. The van der Waals surface area contributed by atoms with Crippen LogP contribution in [0.1, 0.15) is 75.6 Å². The minimum Gasteiger partial charge on any atom is -0.507 e. The average Bonchev–Trinajstić information content (AvgIpc) is 3.08. The molecule has 34 heavy (non-hydrogen) atoms. The van der Waals surface area contributed by atoms with E-state index in [1.165, 1.54) is 0 Å². The van der Waals surface area contributed by atoms with Crippen LogP contribution in [0.15, 0.2) is 48.0 Å². The molecule has 0 radical (unpaired) electrons. The lowest BCUT2D eigenvalue weighted by Gasteiger charge is -2.26. The highest BCUT2D eigenvalue weighted by atomic mass is 16.5. The van der Waals surface area contributed by atoms with Gasteiger partial charge in [-0.15, -0.1) is 0 Å². The van der Waals surface area contributed by atoms with Crippen molar-refractivity contribution >= 4 is 17.4 Å². The van der Waals surface area contributed by atoms with Gasteiger partial charge in [-0.05, 0) is 49.1 Å². The number of rotatable bonds is 10. The Morgan fingerprint density at radius 1 is 1.06 bits per heavy atom. The maximum absolute atomic E-state index is 13.3. The fourth-order valence-electron chi connectivity index (χ4n) is 4.45. The number of nitrogens with zero attached hydrogens (tertiary/aromatic N) is 1. The van der Waals surface area contributed by atoms with Gasteiger partial charge in [-0.3, -0.25) is 9.59 Å². The Bertz CT molecular complexity index is 1070. The molecule has 0 aliphatic carbocycles. The van der Waals surface area contributed by atoms with E-state index in [2.05, 4.69) is 6.92 Å². The van der Waals surface area contributed by atoms with Gasteiger partial charge in [0.15, 0.2) is 0 Å². The molecule has 1 unspecified atom stereocenters. The minimum atomic E-state index is -0.720. The number of hydrogen-bond acceptors (Lipinski definition) is 5. The number of para-hydroxylation sites is 1. The third kappa shape index (κ3) is 4.96. The smallest absolute Gasteiger partial charge is 0.295 e. The Hall–Kier alpha value is -3.28. The van der Waals surface area contributed by atoms with Gasteiger partial charge < -0.3 is 19.5 Å². The molecule has 3 rings (SSSR count). The zero-order valence-electron chi connectivity index (χ0n) is 20.8. The van der Waals surface area contributed by atoms with Crippen LogP contribution in [0.4, 0.5) is 0 Å². The van der Waals surface area contributed by atoms with E-state index < -0.39 is 17.7 Å². The molecule has 2 aromatic rings. The van der Waals surface area contributed by atoms with Gasteiger partial charge >= 0.3 is 0 Å². The van der Waals surface area contributed by atoms with Crippen LogP contribution in [0.3, 0.4) is 0 Å². The molecule has 1 N–H and O–H groups in total. The Balaban J connectivity index is 2.19. The molecule has 1 heterocycles. The molecule has 1 saturated heterocycles. The highest BCUT2D eigenvalue weighted by molar-refractivity contribution is 6.46. The fraction of sp³-hybridized carbons (Fsp3) is 0.429. The first-order valence-electron chi connectivity index (χ1n) is 12.0. The van der Waals surface area contributed by atoms with Crippen LogP contribution < -0.4 is 9.47 Å². The number of ketones is 1. The first-order chi connectivity index (χ1) is 16.3. The quantitative estimate of drug-likeness (QED) is 0.207. The molecule has 6 nitrogen and oxygen atoms in total. The number of likely N-dealkylation sites (tertiary alicyclic amines) is 1. The summed E-state index contributed by atoms with van der Waals surface area (Å²) in [5, 5.41) is 11.4. The normalized spacial score (nSPS) is 17.5. The number of methoxy groups -OCH3 is 1. The zero-order valence-corrected chi connectivity index (χ0v) is 20.8. The second-order valence-corrected chi connectivity index (χ2v) is 8.78. The van der Waals surface area contributed by atoms with Crippen molar-refractivity contribution in [3.8, 4) is 11.5 Å². The van der Waals surface area contributed by atoms with E-state index in [4.69, 9.17) is 9.47 Å². The zero-order chi connectivity index (χ0) is 24.8. The number of Topliss-reactive ketones (excluding diaryl/α,β-unsaturated/α-hetero) is 1. The molecule has 1 atom stereocenters. The first kappa shape index (κ1) is 25.3. The van der Waals surface area contributed by atoms with Crippen LogP contribution in [-0.4, -0.2) is 42.0 Å². The van der Waals surface area contributed by atoms with Gasteiger partial charge in [0.05, 0.1) is 25.3 Å². The fourth-order valence-corrected chi connectivity index (χ4v) is 4.45. The Morgan fingerprint density at radius 3 is 2.44 bits per heavy atom. The number of ether oxygens (including phenoxy) is 2. The Labute approximate surface area is 202 Å². The number of carbonyl (C=O) groups is 2. The molecule has 6 heteroatoms.